The highest BCUT2D eigenvalue weighted by atomic mass is 32.2. The molecule has 2 aromatic carbocycles. The zero-order valence-electron chi connectivity index (χ0n) is 13.9. The molecule has 2 heterocycles. The third-order valence-corrected chi connectivity index (χ3v) is 6.48. The lowest BCUT2D eigenvalue weighted by Crippen LogP contribution is -2.45. The Balaban J connectivity index is 1.79. The molecule has 0 radical (unpaired) electrons. The first-order valence-electron chi connectivity index (χ1n) is 8.41. The first-order chi connectivity index (χ1) is 11.9. The van der Waals surface area contributed by atoms with Crippen molar-refractivity contribution in [3.05, 3.63) is 65.0 Å². The minimum atomic E-state index is 0.346. The van der Waals surface area contributed by atoms with Gasteiger partial charge in [-0.25, -0.2) is 0 Å². The van der Waals surface area contributed by atoms with E-state index in [1.807, 2.05) is 11.3 Å². The molecule has 1 saturated heterocycles. The Morgan fingerprint density at radius 1 is 1.04 bits per heavy atom. The monoisotopic (exact) mass is 354 g/mol. The molecular weight excluding hydrogens is 332 g/mol. The first-order valence-corrected chi connectivity index (χ1v) is 10.5. The molecule has 0 spiro atoms. The molecule has 0 bridgehead atoms. The van der Waals surface area contributed by atoms with Crippen LogP contribution >= 0.6 is 23.1 Å². The van der Waals surface area contributed by atoms with Crippen LogP contribution in [0.4, 0.5) is 0 Å². The van der Waals surface area contributed by atoms with E-state index < -0.39 is 0 Å². The number of thioether (sulfide) groups is 1. The fraction of sp³-hybridized carbons (Fsp3) is 0.300. The average molecular weight is 355 g/mol. The van der Waals surface area contributed by atoms with Gasteiger partial charge in [-0.2, -0.15) is 0 Å². The Labute approximate surface area is 151 Å². The maximum Gasteiger partial charge on any atom is 0.0617 e. The van der Waals surface area contributed by atoms with E-state index in [9.17, 15) is 0 Å². The second-order valence-corrected chi connectivity index (χ2v) is 7.94. The van der Waals surface area contributed by atoms with E-state index in [0.29, 0.717) is 6.04 Å². The third-order valence-electron chi connectivity index (χ3n) is 4.75. The van der Waals surface area contributed by atoms with Crippen LogP contribution in [0.25, 0.3) is 10.1 Å². The summed E-state index contributed by atoms with van der Waals surface area (Å²) in [6.45, 7) is 4.33. The summed E-state index contributed by atoms with van der Waals surface area (Å²) in [5, 5.41) is 7.24. The minimum Gasteiger partial charge on any atom is -0.314 e. The van der Waals surface area contributed by atoms with Crippen LogP contribution in [-0.2, 0) is 0 Å². The van der Waals surface area contributed by atoms with E-state index in [2.05, 4.69) is 70.4 Å². The summed E-state index contributed by atoms with van der Waals surface area (Å²) < 4.78 is 1.38. The molecule has 1 fully saturated rings. The lowest BCUT2D eigenvalue weighted by molar-refractivity contribution is 0.199. The SMILES string of the molecule is CSc1ccc(C(c2csc3ccccc23)N2CCNCC2)cc1. The van der Waals surface area contributed by atoms with Crippen molar-refractivity contribution >= 4 is 33.2 Å². The van der Waals surface area contributed by atoms with Gasteiger partial charge in [-0.15, -0.1) is 23.1 Å². The summed E-state index contributed by atoms with van der Waals surface area (Å²) in [4.78, 5) is 3.95. The standard InChI is InChI=1S/C20H22N2S2/c1-23-16-8-6-15(7-9-16)20(22-12-10-21-11-13-22)18-14-24-19-5-3-2-4-17(18)19/h2-9,14,20-21H,10-13H2,1H3. The summed E-state index contributed by atoms with van der Waals surface area (Å²) in [6.07, 6.45) is 2.13. The average Bonchev–Trinajstić information content (AvgIpc) is 3.07. The molecule has 1 N–H and O–H groups in total. The van der Waals surface area contributed by atoms with Gasteiger partial charge < -0.3 is 5.32 Å². The predicted octanol–water partition coefficient (Wildman–Crippen LogP) is 4.62. The van der Waals surface area contributed by atoms with E-state index in [4.69, 9.17) is 0 Å². The lowest BCUT2D eigenvalue weighted by Gasteiger charge is -2.35. The number of thiophene rings is 1. The van der Waals surface area contributed by atoms with Gasteiger partial charge in [0.1, 0.15) is 0 Å². The zero-order chi connectivity index (χ0) is 16.4. The van der Waals surface area contributed by atoms with Gasteiger partial charge in [0.05, 0.1) is 6.04 Å². The van der Waals surface area contributed by atoms with Gasteiger partial charge in [0.15, 0.2) is 0 Å². The lowest BCUT2D eigenvalue weighted by atomic mass is 9.96. The largest absolute Gasteiger partial charge is 0.314 e. The number of rotatable bonds is 4. The highest BCUT2D eigenvalue weighted by Crippen LogP contribution is 2.37. The van der Waals surface area contributed by atoms with Crippen molar-refractivity contribution in [2.45, 2.75) is 10.9 Å². The molecule has 0 amide bonds. The summed E-state index contributed by atoms with van der Waals surface area (Å²) in [5.74, 6) is 0. The van der Waals surface area contributed by atoms with E-state index in [-0.39, 0.29) is 0 Å². The van der Waals surface area contributed by atoms with Crippen LogP contribution in [0, 0.1) is 0 Å². The van der Waals surface area contributed by atoms with E-state index in [0.717, 1.165) is 26.2 Å². The number of hydrogen-bond acceptors (Lipinski definition) is 4. The summed E-state index contributed by atoms with van der Waals surface area (Å²) in [5.41, 5.74) is 2.85. The van der Waals surface area contributed by atoms with Crippen molar-refractivity contribution in [3.63, 3.8) is 0 Å². The Morgan fingerprint density at radius 2 is 1.79 bits per heavy atom. The minimum absolute atomic E-state index is 0.346. The van der Waals surface area contributed by atoms with Crippen molar-refractivity contribution in [3.8, 4) is 0 Å². The zero-order valence-corrected chi connectivity index (χ0v) is 15.5. The molecule has 1 aliphatic rings. The molecule has 124 valence electrons. The molecule has 0 aliphatic carbocycles. The molecule has 4 heteroatoms. The van der Waals surface area contributed by atoms with Crippen LogP contribution in [0.15, 0.2) is 58.8 Å². The molecular formula is C20H22N2S2. The number of piperazine rings is 1. The van der Waals surface area contributed by atoms with Crippen LogP contribution < -0.4 is 5.32 Å². The molecule has 0 saturated carbocycles. The second-order valence-electron chi connectivity index (χ2n) is 6.15. The fourth-order valence-electron chi connectivity index (χ4n) is 3.52. The van der Waals surface area contributed by atoms with Crippen molar-refractivity contribution in [2.24, 2.45) is 0 Å². The molecule has 4 rings (SSSR count). The molecule has 3 aromatic rings. The Hall–Kier alpha value is -1.33. The van der Waals surface area contributed by atoms with Gasteiger partial charge in [-0.05, 0) is 46.3 Å². The van der Waals surface area contributed by atoms with E-state index in [1.165, 1.54) is 26.1 Å². The van der Waals surface area contributed by atoms with E-state index >= 15 is 0 Å². The Kier molecular flexibility index (Phi) is 4.90. The maximum atomic E-state index is 3.48. The summed E-state index contributed by atoms with van der Waals surface area (Å²) in [6, 6.07) is 18.3. The number of nitrogens with one attached hydrogen (secondary N) is 1. The highest BCUT2D eigenvalue weighted by molar-refractivity contribution is 7.98. The van der Waals surface area contributed by atoms with Crippen molar-refractivity contribution in [1.82, 2.24) is 10.2 Å². The first kappa shape index (κ1) is 16.2. The predicted molar refractivity (Wildman–Crippen MR) is 106 cm³/mol. The molecule has 24 heavy (non-hydrogen) atoms. The van der Waals surface area contributed by atoms with Crippen molar-refractivity contribution < 1.29 is 0 Å². The van der Waals surface area contributed by atoms with Crippen LogP contribution in [0.1, 0.15) is 17.2 Å². The van der Waals surface area contributed by atoms with E-state index in [1.54, 1.807) is 11.8 Å². The van der Waals surface area contributed by atoms with Gasteiger partial charge in [0.2, 0.25) is 0 Å². The smallest absolute Gasteiger partial charge is 0.0617 e. The van der Waals surface area contributed by atoms with Gasteiger partial charge in [-0.1, -0.05) is 30.3 Å². The molecule has 1 unspecified atom stereocenters. The highest BCUT2D eigenvalue weighted by Gasteiger charge is 2.26. The summed E-state index contributed by atoms with van der Waals surface area (Å²) >= 11 is 3.67. The Bertz CT molecular complexity index is 804. The Morgan fingerprint density at radius 3 is 2.54 bits per heavy atom. The number of nitrogens with zero attached hydrogens (tertiary/aromatic N) is 1. The van der Waals surface area contributed by atoms with Gasteiger partial charge in [0, 0.05) is 35.8 Å². The second kappa shape index (κ2) is 7.28. The normalized spacial score (nSPS) is 17.2. The third kappa shape index (κ3) is 3.11. The number of hydrogen-bond donors (Lipinski definition) is 1. The topological polar surface area (TPSA) is 15.3 Å². The van der Waals surface area contributed by atoms with Gasteiger partial charge in [-0.3, -0.25) is 4.90 Å². The van der Waals surface area contributed by atoms with Crippen LogP contribution in [0.5, 0.6) is 0 Å². The van der Waals surface area contributed by atoms with Crippen LogP contribution in [-0.4, -0.2) is 37.3 Å². The number of fused-ring (bicyclic) bond motifs is 1. The van der Waals surface area contributed by atoms with Crippen LogP contribution in [0.3, 0.4) is 0 Å². The fourth-order valence-corrected chi connectivity index (χ4v) is 4.91. The van der Waals surface area contributed by atoms with Gasteiger partial charge >= 0.3 is 0 Å². The quantitative estimate of drug-likeness (QED) is 0.688. The number of benzene rings is 2. The molecule has 1 atom stereocenters. The van der Waals surface area contributed by atoms with Gasteiger partial charge in [0.25, 0.3) is 0 Å². The molecule has 2 nitrogen and oxygen atoms in total. The van der Waals surface area contributed by atoms with Crippen LogP contribution in [0.2, 0.25) is 0 Å². The molecule has 1 aromatic heterocycles. The maximum absolute atomic E-state index is 3.48. The van der Waals surface area contributed by atoms with Crippen molar-refractivity contribution in [1.29, 1.82) is 0 Å². The summed E-state index contributed by atoms with van der Waals surface area (Å²) in [7, 11) is 0. The molecule has 1 aliphatic heterocycles. The van der Waals surface area contributed by atoms with Crippen molar-refractivity contribution in [2.75, 3.05) is 32.4 Å².